The average molecular weight is 566 g/mol. The van der Waals surface area contributed by atoms with E-state index >= 15 is 0 Å². The first-order valence-electron chi connectivity index (χ1n) is 11.7. The Hall–Kier alpha value is -2.71. The molecule has 11 nitrogen and oxygen atoms in total. The summed E-state index contributed by atoms with van der Waals surface area (Å²) in [5.74, 6) is -1.63. The average Bonchev–Trinajstić information content (AvgIpc) is 3.30. The standard InChI is InChI=1S/C23H28ClN7O4S2/c1-30-7-5-15-17(11-30)37-23(28-15)22(36)27-16-10-31(19(32)12-35-2)8-6-14(16)26-20(33)21(34)29-18-4-3-13(24)9-25-18/h3-4,9,14,16H,5-8,10-12H2,1-2H3,(H,26,33)(H,27,36)(H,25,29,34)/t14-,16+/m0/s1. The first-order chi connectivity index (χ1) is 17.7. The number of likely N-dealkylation sites (tertiary alicyclic amines) is 1. The number of hydrogen-bond acceptors (Lipinski definition) is 9. The molecular formula is C23H28ClN7O4S2. The molecule has 2 aromatic rings. The third-order valence-corrected chi connectivity index (χ3v) is 7.92. The lowest BCUT2D eigenvalue weighted by Gasteiger charge is -2.39. The zero-order valence-corrected chi connectivity index (χ0v) is 22.8. The molecule has 198 valence electrons. The minimum absolute atomic E-state index is 0.0442. The van der Waals surface area contributed by atoms with E-state index in [4.69, 9.17) is 33.5 Å². The van der Waals surface area contributed by atoms with Gasteiger partial charge in [0.2, 0.25) is 5.91 Å². The van der Waals surface area contributed by atoms with Gasteiger partial charge in [0, 0.05) is 50.8 Å². The van der Waals surface area contributed by atoms with E-state index in [-0.39, 0.29) is 24.9 Å². The zero-order valence-electron chi connectivity index (χ0n) is 20.5. The van der Waals surface area contributed by atoms with Gasteiger partial charge in [-0.1, -0.05) is 23.8 Å². The number of halogens is 1. The quantitative estimate of drug-likeness (QED) is 0.344. The number of ether oxygens (including phenoxy) is 1. The summed E-state index contributed by atoms with van der Waals surface area (Å²) < 4.78 is 5.00. The van der Waals surface area contributed by atoms with Crippen LogP contribution in [0, 0.1) is 0 Å². The Morgan fingerprint density at radius 1 is 1.22 bits per heavy atom. The number of anilines is 1. The van der Waals surface area contributed by atoms with E-state index in [9.17, 15) is 14.4 Å². The highest BCUT2D eigenvalue weighted by Gasteiger charge is 2.34. The molecular weight excluding hydrogens is 538 g/mol. The predicted octanol–water partition coefficient (Wildman–Crippen LogP) is 0.815. The molecule has 2 atom stereocenters. The minimum atomic E-state index is -0.856. The summed E-state index contributed by atoms with van der Waals surface area (Å²) in [5, 5.41) is 9.64. The van der Waals surface area contributed by atoms with Crippen LogP contribution in [0.3, 0.4) is 0 Å². The number of nitrogens with one attached hydrogen (secondary N) is 3. The van der Waals surface area contributed by atoms with Crippen LogP contribution in [-0.4, -0.2) is 95.0 Å². The molecule has 0 unspecified atom stereocenters. The van der Waals surface area contributed by atoms with Gasteiger partial charge >= 0.3 is 11.8 Å². The zero-order chi connectivity index (χ0) is 26.5. The number of nitrogens with zero attached hydrogens (tertiary/aromatic N) is 4. The number of pyridine rings is 1. The summed E-state index contributed by atoms with van der Waals surface area (Å²) in [7, 11) is 3.53. The summed E-state index contributed by atoms with van der Waals surface area (Å²) in [5.41, 5.74) is 1.06. The maximum Gasteiger partial charge on any atom is 0.314 e. The van der Waals surface area contributed by atoms with E-state index in [0.717, 1.165) is 25.2 Å². The Morgan fingerprint density at radius 2 is 2.03 bits per heavy atom. The fourth-order valence-corrected chi connectivity index (χ4v) is 5.74. The first kappa shape index (κ1) is 27.3. The van der Waals surface area contributed by atoms with E-state index in [1.54, 1.807) is 22.3 Å². The Labute approximate surface area is 228 Å². The molecule has 4 heterocycles. The third-order valence-electron chi connectivity index (χ3n) is 6.16. The second kappa shape index (κ2) is 12.2. The molecule has 2 aromatic heterocycles. The van der Waals surface area contributed by atoms with Gasteiger partial charge in [0.25, 0.3) is 0 Å². The van der Waals surface area contributed by atoms with Crippen LogP contribution in [0.2, 0.25) is 5.02 Å². The molecule has 4 rings (SSSR count). The van der Waals surface area contributed by atoms with Gasteiger partial charge in [0.05, 0.1) is 22.8 Å². The van der Waals surface area contributed by atoms with Crippen molar-refractivity contribution in [3.8, 4) is 0 Å². The highest BCUT2D eigenvalue weighted by Crippen LogP contribution is 2.25. The molecule has 3 N–H and O–H groups in total. The lowest BCUT2D eigenvalue weighted by Crippen LogP contribution is -2.62. The Morgan fingerprint density at radius 3 is 2.76 bits per heavy atom. The number of methoxy groups -OCH3 is 1. The molecule has 37 heavy (non-hydrogen) atoms. The first-order valence-corrected chi connectivity index (χ1v) is 13.3. The third kappa shape index (κ3) is 6.99. The van der Waals surface area contributed by atoms with Gasteiger partial charge in [-0.15, -0.1) is 11.3 Å². The summed E-state index contributed by atoms with van der Waals surface area (Å²) in [6.07, 6.45) is 2.66. The van der Waals surface area contributed by atoms with Crippen LogP contribution in [0.25, 0.3) is 0 Å². The van der Waals surface area contributed by atoms with Gasteiger partial charge in [0.15, 0.2) is 5.01 Å². The summed E-state index contributed by atoms with van der Waals surface area (Å²) in [6.45, 7) is 2.40. The van der Waals surface area contributed by atoms with Crippen molar-refractivity contribution < 1.29 is 19.1 Å². The number of likely N-dealkylation sites (N-methyl/N-ethyl adjacent to an activating group) is 1. The van der Waals surface area contributed by atoms with E-state index in [0.29, 0.717) is 28.0 Å². The van der Waals surface area contributed by atoms with E-state index in [2.05, 4.69) is 32.9 Å². The molecule has 0 aromatic carbocycles. The Kier molecular flexibility index (Phi) is 9.03. The lowest BCUT2D eigenvalue weighted by atomic mass is 9.98. The molecule has 1 fully saturated rings. The van der Waals surface area contributed by atoms with Crippen molar-refractivity contribution in [2.75, 3.05) is 45.7 Å². The van der Waals surface area contributed by atoms with Crippen molar-refractivity contribution in [1.82, 2.24) is 30.4 Å². The Bertz CT molecular complexity index is 1180. The van der Waals surface area contributed by atoms with Gasteiger partial charge in [-0.2, -0.15) is 0 Å². The number of hydrogen-bond donors (Lipinski definition) is 3. The largest absolute Gasteiger partial charge is 0.375 e. The number of thiocarbonyl (C=S) groups is 1. The fraction of sp³-hybridized carbons (Fsp3) is 0.478. The molecule has 14 heteroatoms. The highest BCUT2D eigenvalue weighted by atomic mass is 35.5. The van der Waals surface area contributed by atoms with Gasteiger partial charge in [0.1, 0.15) is 17.4 Å². The van der Waals surface area contributed by atoms with Crippen LogP contribution in [0.5, 0.6) is 0 Å². The number of thiazole rings is 1. The number of rotatable bonds is 6. The van der Waals surface area contributed by atoms with Crippen molar-refractivity contribution in [2.45, 2.75) is 31.5 Å². The van der Waals surface area contributed by atoms with Gasteiger partial charge in [-0.05, 0) is 25.6 Å². The van der Waals surface area contributed by atoms with E-state index in [1.165, 1.54) is 24.3 Å². The maximum absolute atomic E-state index is 12.7. The number of amides is 3. The minimum Gasteiger partial charge on any atom is -0.375 e. The van der Waals surface area contributed by atoms with E-state index in [1.807, 2.05) is 0 Å². The predicted molar refractivity (Wildman–Crippen MR) is 144 cm³/mol. The number of carbonyl (C=O) groups is 3. The van der Waals surface area contributed by atoms with Crippen LogP contribution in [-0.2, 0) is 32.1 Å². The lowest BCUT2D eigenvalue weighted by molar-refractivity contribution is -0.138. The van der Waals surface area contributed by atoms with Gasteiger partial charge < -0.3 is 30.5 Å². The van der Waals surface area contributed by atoms with Gasteiger partial charge in [-0.3, -0.25) is 14.4 Å². The van der Waals surface area contributed by atoms with Crippen molar-refractivity contribution in [1.29, 1.82) is 0 Å². The molecule has 0 aliphatic carbocycles. The molecule has 2 aliphatic heterocycles. The molecule has 0 bridgehead atoms. The second-order valence-corrected chi connectivity index (χ2v) is 10.8. The van der Waals surface area contributed by atoms with Crippen LogP contribution in [0.1, 0.15) is 22.0 Å². The molecule has 0 spiro atoms. The number of carbonyl (C=O) groups excluding carboxylic acids is 3. The van der Waals surface area contributed by atoms with Crippen LogP contribution in [0.15, 0.2) is 18.3 Å². The van der Waals surface area contributed by atoms with Crippen LogP contribution >= 0.6 is 35.2 Å². The molecule has 0 saturated carbocycles. The summed E-state index contributed by atoms with van der Waals surface area (Å²) in [4.78, 5) is 51.9. The molecule has 2 aliphatic rings. The molecule has 3 amide bonds. The van der Waals surface area contributed by atoms with Crippen molar-refractivity contribution in [3.63, 3.8) is 0 Å². The fourth-order valence-electron chi connectivity index (χ4n) is 4.22. The van der Waals surface area contributed by atoms with Crippen LogP contribution < -0.4 is 16.0 Å². The smallest absolute Gasteiger partial charge is 0.314 e. The Balaban J connectivity index is 1.44. The SMILES string of the molecule is COCC(=O)N1CC[C@H](NC(=O)C(=O)Nc2ccc(Cl)cn2)[C@H](NC(=S)c2nc3c(s2)CN(C)CC3)C1. The van der Waals surface area contributed by atoms with Crippen LogP contribution in [0.4, 0.5) is 5.82 Å². The van der Waals surface area contributed by atoms with E-state index < -0.39 is 23.9 Å². The summed E-state index contributed by atoms with van der Waals surface area (Å²) in [6, 6.07) is 2.17. The number of aromatic nitrogens is 2. The van der Waals surface area contributed by atoms with Crippen molar-refractivity contribution in [2.24, 2.45) is 0 Å². The monoisotopic (exact) mass is 565 g/mol. The second-order valence-electron chi connectivity index (χ2n) is 8.91. The summed E-state index contributed by atoms with van der Waals surface area (Å²) >= 11 is 13.0. The molecule has 0 radical (unpaired) electrons. The van der Waals surface area contributed by atoms with Crippen molar-refractivity contribution >= 4 is 63.7 Å². The highest BCUT2D eigenvalue weighted by molar-refractivity contribution is 7.81. The maximum atomic E-state index is 12.7. The van der Waals surface area contributed by atoms with Crippen molar-refractivity contribution in [3.05, 3.63) is 38.9 Å². The number of fused-ring (bicyclic) bond motifs is 1. The van der Waals surface area contributed by atoms with Gasteiger partial charge in [-0.25, -0.2) is 9.97 Å². The molecule has 1 saturated heterocycles. The topological polar surface area (TPSA) is 129 Å². The normalized spacial score (nSPS) is 19.6. The number of piperidine rings is 1.